The second-order valence-electron chi connectivity index (χ2n) is 6.17. The fourth-order valence-corrected chi connectivity index (χ4v) is 3.52. The van der Waals surface area contributed by atoms with E-state index in [2.05, 4.69) is 14.5 Å². The van der Waals surface area contributed by atoms with Crippen molar-refractivity contribution in [1.82, 2.24) is 14.5 Å². The number of esters is 1. The molecule has 0 aliphatic heterocycles. The lowest BCUT2D eigenvalue weighted by atomic mass is 10.2. The molecule has 8 nitrogen and oxygen atoms in total. The number of rotatable bonds is 10. The number of nitrogens with two attached hydrogens (primary N) is 1. The normalized spacial score (nSPS) is 10.9. The average Bonchev–Trinajstić information content (AvgIpc) is 2.94. The quantitative estimate of drug-likeness (QED) is 0.211. The van der Waals surface area contributed by atoms with Crippen molar-refractivity contribution < 1.29 is 19.1 Å². The maximum absolute atomic E-state index is 12.7. The van der Waals surface area contributed by atoms with E-state index in [0.717, 1.165) is 24.4 Å². The van der Waals surface area contributed by atoms with Crippen molar-refractivity contribution in [2.24, 2.45) is 0 Å². The highest BCUT2D eigenvalue weighted by atomic mass is 32.2. The third-order valence-corrected chi connectivity index (χ3v) is 5.09. The molecule has 0 spiro atoms. The lowest BCUT2D eigenvalue weighted by molar-refractivity contribution is 0.0526. The van der Waals surface area contributed by atoms with Crippen LogP contribution in [-0.4, -0.2) is 52.4 Å². The molecule has 0 amide bonds. The minimum absolute atomic E-state index is 0.00673. The van der Waals surface area contributed by atoms with Crippen LogP contribution in [0.15, 0.2) is 17.4 Å². The van der Waals surface area contributed by atoms with E-state index in [9.17, 15) is 9.59 Å². The maximum Gasteiger partial charge on any atom is 0.343 e. The number of ketones is 1. The third kappa shape index (κ3) is 5.32. The number of carbonyl (C=O) groups excluding carboxylic acids is 2. The number of hydrogen-bond acceptors (Lipinski definition) is 8. The lowest BCUT2D eigenvalue weighted by Gasteiger charge is -2.09. The van der Waals surface area contributed by atoms with Gasteiger partial charge in [-0.2, -0.15) is 0 Å². The second kappa shape index (κ2) is 10.2. The van der Waals surface area contributed by atoms with Crippen LogP contribution < -0.4 is 5.73 Å². The Morgan fingerprint density at radius 3 is 2.68 bits per heavy atom. The summed E-state index contributed by atoms with van der Waals surface area (Å²) < 4.78 is 12.1. The highest BCUT2D eigenvalue weighted by molar-refractivity contribution is 7.99. The number of nitrogen functional groups attached to an aromatic ring is 1. The molecular formula is C19H26N4O4S. The Morgan fingerprint density at radius 2 is 2.04 bits per heavy atom. The van der Waals surface area contributed by atoms with E-state index >= 15 is 0 Å². The van der Waals surface area contributed by atoms with Crippen molar-refractivity contribution in [1.29, 1.82) is 0 Å². The summed E-state index contributed by atoms with van der Waals surface area (Å²) in [4.78, 5) is 32.6. The number of aryl methyl sites for hydroxylation is 1. The van der Waals surface area contributed by atoms with E-state index in [1.165, 1.54) is 18.0 Å². The Hall–Kier alpha value is -2.39. The molecule has 0 aliphatic rings. The average molecular weight is 407 g/mol. The van der Waals surface area contributed by atoms with Crippen LogP contribution in [0.2, 0.25) is 0 Å². The predicted molar refractivity (Wildman–Crippen MR) is 108 cm³/mol. The van der Waals surface area contributed by atoms with Gasteiger partial charge in [0.15, 0.2) is 10.9 Å². The van der Waals surface area contributed by atoms with E-state index in [0.29, 0.717) is 17.3 Å². The van der Waals surface area contributed by atoms with E-state index in [1.54, 1.807) is 14.0 Å². The fraction of sp³-hybridized carbons (Fsp3) is 0.474. The highest BCUT2D eigenvalue weighted by Gasteiger charge is 2.18. The molecule has 2 N–H and O–H groups in total. The topological polar surface area (TPSA) is 109 Å². The van der Waals surface area contributed by atoms with Gasteiger partial charge < -0.3 is 19.8 Å². The molecule has 0 saturated heterocycles. The fourth-order valence-electron chi connectivity index (χ4n) is 2.82. The Morgan fingerprint density at radius 1 is 1.29 bits per heavy atom. The zero-order valence-electron chi connectivity index (χ0n) is 16.7. The first-order chi connectivity index (χ1) is 13.4. The van der Waals surface area contributed by atoms with Crippen LogP contribution in [0.5, 0.6) is 0 Å². The number of carbonyl (C=O) groups is 2. The molecule has 0 saturated carbocycles. The van der Waals surface area contributed by atoms with E-state index in [4.69, 9.17) is 15.2 Å². The monoisotopic (exact) mass is 406 g/mol. The number of nitrogens with zero attached hydrogens (tertiary/aromatic N) is 3. The number of thioether (sulfide) groups is 1. The first-order valence-corrected chi connectivity index (χ1v) is 9.98. The summed E-state index contributed by atoms with van der Waals surface area (Å²) in [5.74, 6) is -0.346. The standard InChI is InChI=1S/C19H26N4O4S/c1-5-27-18(25)15-10-21-19(22-17(15)20)28-11-16(24)14-9-12(2)23(13(14)3)7-6-8-26-4/h9-10H,5-8,11H2,1-4H3,(H2,20,21,22). The minimum Gasteiger partial charge on any atom is -0.462 e. The first kappa shape index (κ1) is 21.9. The summed E-state index contributed by atoms with van der Waals surface area (Å²) in [6.07, 6.45) is 2.21. The van der Waals surface area contributed by atoms with E-state index < -0.39 is 5.97 Å². The molecule has 28 heavy (non-hydrogen) atoms. The van der Waals surface area contributed by atoms with Gasteiger partial charge in [0.05, 0.1) is 12.4 Å². The molecule has 0 unspecified atom stereocenters. The molecule has 2 heterocycles. The zero-order chi connectivity index (χ0) is 20.7. The van der Waals surface area contributed by atoms with Gasteiger partial charge in [-0.25, -0.2) is 14.8 Å². The van der Waals surface area contributed by atoms with Gasteiger partial charge in [-0.1, -0.05) is 11.8 Å². The summed E-state index contributed by atoms with van der Waals surface area (Å²) in [5.41, 5.74) is 8.61. The number of Topliss-reactive ketones (excluding diaryl/α,β-unsaturated/α-hetero) is 1. The zero-order valence-corrected chi connectivity index (χ0v) is 17.5. The van der Waals surface area contributed by atoms with Crippen molar-refractivity contribution in [3.8, 4) is 0 Å². The van der Waals surface area contributed by atoms with Gasteiger partial charge in [0.1, 0.15) is 11.4 Å². The SMILES string of the molecule is CCOC(=O)c1cnc(SCC(=O)c2cc(C)n(CCCOC)c2C)nc1N. The van der Waals surface area contributed by atoms with Gasteiger partial charge in [-0.3, -0.25) is 4.79 Å². The Bertz CT molecular complexity index is 851. The molecule has 0 aromatic carbocycles. The molecule has 0 atom stereocenters. The minimum atomic E-state index is -0.562. The molecule has 9 heteroatoms. The van der Waals surface area contributed by atoms with Crippen LogP contribution in [0.3, 0.4) is 0 Å². The number of ether oxygens (including phenoxy) is 2. The molecule has 2 aromatic heterocycles. The molecule has 2 rings (SSSR count). The number of aromatic nitrogens is 3. The summed E-state index contributed by atoms with van der Waals surface area (Å²) >= 11 is 1.18. The third-order valence-electron chi connectivity index (χ3n) is 4.23. The van der Waals surface area contributed by atoms with Gasteiger partial charge in [0, 0.05) is 43.4 Å². The molecular weight excluding hydrogens is 380 g/mol. The van der Waals surface area contributed by atoms with Gasteiger partial charge in [-0.15, -0.1) is 0 Å². The van der Waals surface area contributed by atoms with Crippen LogP contribution in [0, 0.1) is 13.8 Å². The van der Waals surface area contributed by atoms with Crippen molar-refractivity contribution in [2.75, 3.05) is 31.8 Å². The summed E-state index contributed by atoms with van der Waals surface area (Å²) in [6, 6.07) is 1.91. The van der Waals surface area contributed by atoms with Gasteiger partial charge in [0.2, 0.25) is 0 Å². The van der Waals surface area contributed by atoms with Crippen LogP contribution >= 0.6 is 11.8 Å². The van der Waals surface area contributed by atoms with Crippen LogP contribution in [0.1, 0.15) is 45.4 Å². The molecule has 0 fully saturated rings. The Balaban J connectivity index is 2.03. The second-order valence-corrected chi connectivity index (χ2v) is 7.11. The van der Waals surface area contributed by atoms with E-state index in [-0.39, 0.29) is 29.5 Å². The molecule has 0 aliphatic carbocycles. The predicted octanol–water partition coefficient (Wildman–Crippen LogP) is 2.67. The molecule has 2 aromatic rings. The van der Waals surface area contributed by atoms with Gasteiger partial charge >= 0.3 is 5.97 Å². The summed E-state index contributed by atoms with van der Waals surface area (Å²) in [6.45, 7) is 7.37. The number of anilines is 1. The highest BCUT2D eigenvalue weighted by Crippen LogP contribution is 2.21. The van der Waals surface area contributed by atoms with Crippen LogP contribution in [0.25, 0.3) is 0 Å². The van der Waals surface area contributed by atoms with Gasteiger partial charge in [0.25, 0.3) is 0 Å². The van der Waals surface area contributed by atoms with Crippen molar-refractivity contribution in [2.45, 2.75) is 38.9 Å². The Kier molecular flexibility index (Phi) is 8.01. The number of hydrogen-bond donors (Lipinski definition) is 1. The first-order valence-electron chi connectivity index (χ1n) is 9.00. The van der Waals surface area contributed by atoms with Crippen molar-refractivity contribution in [3.63, 3.8) is 0 Å². The maximum atomic E-state index is 12.7. The largest absolute Gasteiger partial charge is 0.462 e. The smallest absolute Gasteiger partial charge is 0.343 e. The Labute approximate surface area is 168 Å². The molecule has 152 valence electrons. The van der Waals surface area contributed by atoms with Crippen molar-refractivity contribution >= 4 is 29.3 Å². The summed E-state index contributed by atoms with van der Waals surface area (Å²) in [5, 5.41) is 0.341. The lowest BCUT2D eigenvalue weighted by Crippen LogP contribution is -2.11. The van der Waals surface area contributed by atoms with E-state index in [1.807, 2.05) is 19.9 Å². The van der Waals surface area contributed by atoms with Gasteiger partial charge in [-0.05, 0) is 33.3 Å². The molecule has 0 radical (unpaired) electrons. The number of methoxy groups -OCH3 is 1. The van der Waals surface area contributed by atoms with Crippen LogP contribution in [0.4, 0.5) is 5.82 Å². The molecule has 0 bridgehead atoms. The van der Waals surface area contributed by atoms with Crippen LogP contribution in [-0.2, 0) is 16.0 Å². The van der Waals surface area contributed by atoms with Crippen molar-refractivity contribution in [3.05, 3.63) is 34.8 Å². The summed E-state index contributed by atoms with van der Waals surface area (Å²) in [7, 11) is 1.68.